The molecule has 27 heavy (non-hydrogen) atoms. The second-order valence-corrected chi connectivity index (χ2v) is 8.86. The first-order chi connectivity index (χ1) is 12.9. The van der Waals surface area contributed by atoms with Crippen LogP contribution in [0.2, 0.25) is 0 Å². The van der Waals surface area contributed by atoms with Crippen molar-refractivity contribution in [1.29, 1.82) is 0 Å². The number of hydrogen-bond donors (Lipinski definition) is 1. The number of amides is 1. The van der Waals surface area contributed by atoms with Gasteiger partial charge in [-0.1, -0.05) is 30.0 Å². The minimum Gasteiger partial charge on any atom is -0.300 e. The van der Waals surface area contributed by atoms with Crippen LogP contribution in [0.25, 0.3) is 11.0 Å². The van der Waals surface area contributed by atoms with E-state index in [-0.39, 0.29) is 11.7 Å². The van der Waals surface area contributed by atoms with Gasteiger partial charge in [0.15, 0.2) is 4.34 Å². The summed E-state index contributed by atoms with van der Waals surface area (Å²) in [4.78, 5) is 41.5. The molecule has 3 heterocycles. The predicted octanol–water partition coefficient (Wildman–Crippen LogP) is 1.33. The first kappa shape index (κ1) is 19.6. The Hall–Kier alpha value is -2.18. The topological polar surface area (TPSA) is 112 Å². The summed E-state index contributed by atoms with van der Waals surface area (Å²) >= 11 is 4.08. The molecule has 0 aliphatic carbocycles. The largest absolute Gasteiger partial charge is 0.332 e. The van der Waals surface area contributed by atoms with Crippen LogP contribution in [0.15, 0.2) is 31.1 Å². The van der Waals surface area contributed by atoms with Crippen LogP contribution in [0, 0.1) is 0 Å². The summed E-state index contributed by atoms with van der Waals surface area (Å²) in [6.45, 7) is 2.01. The van der Waals surface area contributed by atoms with Crippen LogP contribution < -0.4 is 16.6 Å². The van der Waals surface area contributed by atoms with Crippen molar-refractivity contribution in [2.75, 3.05) is 16.8 Å². The standard InChI is InChI=1S/C15H16N6O3S3/c1-4-25-14-19-18-13(27-14)17-9(22)7-26-8-5-6-16-11-10(8)12(23)21(3)15(24)20(11)2/h5-6H,4,7H2,1-3H3,(H,17,18,22). The van der Waals surface area contributed by atoms with Crippen molar-refractivity contribution in [1.82, 2.24) is 24.3 Å². The number of nitrogens with one attached hydrogen (secondary N) is 1. The minimum absolute atomic E-state index is 0.0843. The molecule has 0 aliphatic heterocycles. The van der Waals surface area contributed by atoms with E-state index < -0.39 is 11.2 Å². The highest BCUT2D eigenvalue weighted by Gasteiger charge is 2.15. The SMILES string of the molecule is CCSc1nnc(NC(=O)CSc2ccnc3c2c(=O)n(C)c(=O)n3C)s1. The van der Waals surface area contributed by atoms with Crippen LogP contribution >= 0.6 is 34.9 Å². The first-order valence-corrected chi connectivity index (χ1v) is 10.6. The molecule has 9 nitrogen and oxygen atoms in total. The van der Waals surface area contributed by atoms with E-state index >= 15 is 0 Å². The van der Waals surface area contributed by atoms with E-state index in [2.05, 4.69) is 20.5 Å². The lowest BCUT2D eigenvalue weighted by atomic mass is 10.3. The lowest BCUT2D eigenvalue weighted by Crippen LogP contribution is -2.37. The summed E-state index contributed by atoms with van der Waals surface area (Å²) in [6, 6.07) is 1.66. The smallest absolute Gasteiger partial charge is 0.300 e. The van der Waals surface area contributed by atoms with E-state index in [1.54, 1.807) is 24.9 Å². The van der Waals surface area contributed by atoms with Gasteiger partial charge in [0.05, 0.1) is 11.1 Å². The van der Waals surface area contributed by atoms with Crippen molar-refractivity contribution in [3.63, 3.8) is 0 Å². The first-order valence-electron chi connectivity index (χ1n) is 7.86. The van der Waals surface area contributed by atoms with Crippen LogP contribution in [0.3, 0.4) is 0 Å². The fraction of sp³-hybridized carbons (Fsp3) is 0.333. The molecule has 3 rings (SSSR count). The predicted molar refractivity (Wildman–Crippen MR) is 108 cm³/mol. The summed E-state index contributed by atoms with van der Waals surface area (Å²) in [7, 11) is 2.97. The van der Waals surface area contributed by atoms with Gasteiger partial charge in [0, 0.05) is 25.2 Å². The molecule has 0 fully saturated rings. The molecule has 0 bridgehead atoms. The van der Waals surface area contributed by atoms with Gasteiger partial charge in [0.25, 0.3) is 5.56 Å². The quantitative estimate of drug-likeness (QED) is 0.466. The van der Waals surface area contributed by atoms with Crippen molar-refractivity contribution >= 4 is 56.9 Å². The Morgan fingerprint density at radius 2 is 2.00 bits per heavy atom. The van der Waals surface area contributed by atoms with Gasteiger partial charge >= 0.3 is 5.69 Å². The highest BCUT2D eigenvalue weighted by Crippen LogP contribution is 2.26. The Bertz CT molecular complexity index is 1120. The molecule has 0 spiro atoms. The van der Waals surface area contributed by atoms with Gasteiger partial charge in [-0.25, -0.2) is 9.78 Å². The van der Waals surface area contributed by atoms with Crippen molar-refractivity contribution in [3.05, 3.63) is 33.1 Å². The molecule has 0 unspecified atom stereocenters. The van der Waals surface area contributed by atoms with Gasteiger partial charge in [-0.15, -0.1) is 22.0 Å². The van der Waals surface area contributed by atoms with E-state index in [0.29, 0.717) is 21.1 Å². The van der Waals surface area contributed by atoms with E-state index in [0.717, 1.165) is 14.7 Å². The Morgan fingerprint density at radius 3 is 2.74 bits per heavy atom. The van der Waals surface area contributed by atoms with E-state index in [4.69, 9.17) is 0 Å². The molecule has 12 heteroatoms. The molecule has 1 amide bonds. The highest BCUT2D eigenvalue weighted by molar-refractivity contribution is 8.01. The zero-order valence-electron chi connectivity index (χ0n) is 14.8. The molecule has 0 radical (unpaired) electrons. The fourth-order valence-electron chi connectivity index (χ4n) is 2.32. The second-order valence-electron chi connectivity index (χ2n) is 5.36. The summed E-state index contributed by atoms with van der Waals surface area (Å²) < 4.78 is 3.14. The third-order valence-electron chi connectivity index (χ3n) is 3.58. The molecule has 1 N–H and O–H groups in total. The van der Waals surface area contributed by atoms with Gasteiger partial charge in [0.1, 0.15) is 5.65 Å². The van der Waals surface area contributed by atoms with Crippen LogP contribution in [0.5, 0.6) is 0 Å². The zero-order chi connectivity index (χ0) is 19.6. The summed E-state index contributed by atoms with van der Waals surface area (Å²) in [5, 5.41) is 11.4. The van der Waals surface area contributed by atoms with Gasteiger partial charge in [-0.05, 0) is 11.8 Å². The monoisotopic (exact) mass is 424 g/mol. The van der Waals surface area contributed by atoms with Crippen LogP contribution in [-0.4, -0.2) is 41.7 Å². The number of carbonyl (C=O) groups is 1. The van der Waals surface area contributed by atoms with E-state index in [9.17, 15) is 14.4 Å². The number of hydrogen-bond acceptors (Lipinski definition) is 9. The van der Waals surface area contributed by atoms with Crippen molar-refractivity contribution in [2.24, 2.45) is 14.1 Å². The number of aryl methyl sites for hydroxylation is 1. The van der Waals surface area contributed by atoms with Crippen molar-refractivity contribution < 1.29 is 4.79 Å². The van der Waals surface area contributed by atoms with E-state index in [1.165, 1.54) is 40.9 Å². The molecule has 0 atom stereocenters. The van der Waals surface area contributed by atoms with Crippen LogP contribution in [0.4, 0.5) is 5.13 Å². The third kappa shape index (κ3) is 4.06. The molecule has 0 saturated carbocycles. The normalized spacial score (nSPS) is 11.1. The number of pyridine rings is 1. The number of fused-ring (bicyclic) bond motifs is 1. The average Bonchev–Trinajstić information content (AvgIpc) is 3.09. The number of nitrogens with zero attached hydrogens (tertiary/aromatic N) is 5. The number of thioether (sulfide) groups is 2. The Morgan fingerprint density at radius 1 is 1.22 bits per heavy atom. The highest BCUT2D eigenvalue weighted by atomic mass is 32.2. The Kier molecular flexibility index (Phi) is 5.97. The molecule has 3 aromatic heterocycles. The van der Waals surface area contributed by atoms with Crippen molar-refractivity contribution in [3.8, 4) is 0 Å². The van der Waals surface area contributed by atoms with Crippen LogP contribution in [0.1, 0.15) is 6.92 Å². The van der Waals surface area contributed by atoms with Crippen molar-refractivity contribution in [2.45, 2.75) is 16.2 Å². The number of aromatic nitrogens is 5. The minimum atomic E-state index is -0.447. The zero-order valence-corrected chi connectivity index (χ0v) is 17.2. The molecular weight excluding hydrogens is 408 g/mol. The lowest BCUT2D eigenvalue weighted by Gasteiger charge is -2.09. The molecule has 0 saturated heterocycles. The number of anilines is 1. The average molecular weight is 425 g/mol. The molecular formula is C15H16N6O3S3. The van der Waals surface area contributed by atoms with Gasteiger partial charge in [0.2, 0.25) is 11.0 Å². The van der Waals surface area contributed by atoms with E-state index in [1.807, 2.05) is 6.92 Å². The lowest BCUT2D eigenvalue weighted by molar-refractivity contribution is -0.113. The maximum absolute atomic E-state index is 12.5. The fourth-order valence-corrected chi connectivity index (χ4v) is 4.82. The molecule has 0 aromatic carbocycles. The molecule has 142 valence electrons. The number of carbonyl (C=O) groups excluding carboxylic acids is 1. The summed E-state index contributed by atoms with van der Waals surface area (Å²) in [6.07, 6.45) is 1.51. The Balaban J connectivity index is 1.79. The maximum Gasteiger partial charge on any atom is 0.332 e. The maximum atomic E-state index is 12.5. The summed E-state index contributed by atoms with van der Waals surface area (Å²) in [5.41, 5.74) is -0.592. The number of rotatable bonds is 6. The molecule has 3 aromatic rings. The van der Waals surface area contributed by atoms with Gasteiger partial charge in [-0.2, -0.15) is 0 Å². The Labute approximate surface area is 166 Å². The third-order valence-corrected chi connectivity index (χ3v) is 6.49. The van der Waals surface area contributed by atoms with Crippen LogP contribution in [-0.2, 0) is 18.9 Å². The summed E-state index contributed by atoms with van der Waals surface area (Å²) in [5.74, 6) is 0.710. The van der Waals surface area contributed by atoms with Gasteiger partial charge < -0.3 is 0 Å². The second kappa shape index (κ2) is 8.23. The molecule has 0 aliphatic rings. The van der Waals surface area contributed by atoms with Gasteiger partial charge in [-0.3, -0.25) is 24.0 Å².